The van der Waals surface area contributed by atoms with Crippen molar-refractivity contribution in [1.82, 2.24) is 0 Å². The van der Waals surface area contributed by atoms with Gasteiger partial charge < -0.3 is 10.1 Å². The molecule has 0 aliphatic rings. The fourth-order valence-corrected chi connectivity index (χ4v) is 3.34. The SMILES string of the molecule is Cc1c(Cl)cccc1N[C@@H](CC(=O)c1ccccc1)C(=O)OCC(=O)c1ccc([N+](=O)[O-])cc1. The summed E-state index contributed by atoms with van der Waals surface area (Å²) in [5.74, 6) is -1.61. The van der Waals surface area contributed by atoms with Crippen LogP contribution in [0.15, 0.2) is 72.8 Å². The first-order valence-corrected chi connectivity index (χ1v) is 10.7. The van der Waals surface area contributed by atoms with Crippen LogP contribution in [0.1, 0.15) is 32.7 Å². The van der Waals surface area contributed by atoms with Crippen LogP contribution in [0.25, 0.3) is 0 Å². The van der Waals surface area contributed by atoms with Crippen LogP contribution in [0, 0.1) is 17.0 Å². The number of rotatable bonds is 10. The molecule has 9 heteroatoms. The summed E-state index contributed by atoms with van der Waals surface area (Å²) in [6, 6.07) is 17.5. The molecule has 3 aromatic carbocycles. The molecule has 1 atom stereocenters. The molecule has 174 valence electrons. The number of esters is 1. The topological polar surface area (TPSA) is 116 Å². The average Bonchev–Trinajstić information content (AvgIpc) is 2.85. The molecule has 0 radical (unpaired) electrons. The Hall–Kier alpha value is -4.04. The molecule has 0 bridgehead atoms. The maximum atomic E-state index is 12.9. The van der Waals surface area contributed by atoms with Crippen molar-refractivity contribution < 1.29 is 24.0 Å². The maximum absolute atomic E-state index is 12.9. The van der Waals surface area contributed by atoms with Gasteiger partial charge in [0, 0.05) is 40.4 Å². The summed E-state index contributed by atoms with van der Waals surface area (Å²) < 4.78 is 5.21. The zero-order chi connectivity index (χ0) is 24.7. The largest absolute Gasteiger partial charge is 0.456 e. The number of nitrogens with one attached hydrogen (secondary N) is 1. The molecule has 0 spiro atoms. The Morgan fingerprint density at radius 2 is 1.59 bits per heavy atom. The van der Waals surface area contributed by atoms with E-state index in [1.807, 2.05) is 0 Å². The minimum Gasteiger partial charge on any atom is -0.456 e. The number of nitro benzene ring substituents is 1. The van der Waals surface area contributed by atoms with E-state index in [0.717, 1.165) is 0 Å². The zero-order valence-electron chi connectivity index (χ0n) is 18.2. The van der Waals surface area contributed by atoms with Gasteiger partial charge in [-0.25, -0.2) is 4.79 Å². The summed E-state index contributed by atoms with van der Waals surface area (Å²) in [6.45, 7) is 1.19. The van der Waals surface area contributed by atoms with Crippen LogP contribution in [0.2, 0.25) is 5.02 Å². The number of ketones is 2. The van der Waals surface area contributed by atoms with Gasteiger partial charge in [-0.1, -0.05) is 48.0 Å². The van der Waals surface area contributed by atoms with Gasteiger partial charge >= 0.3 is 5.97 Å². The molecule has 0 aliphatic carbocycles. The summed E-state index contributed by atoms with van der Waals surface area (Å²) >= 11 is 6.17. The van der Waals surface area contributed by atoms with Crippen molar-refractivity contribution in [2.45, 2.75) is 19.4 Å². The first-order chi connectivity index (χ1) is 16.3. The molecule has 3 aromatic rings. The third-order valence-electron chi connectivity index (χ3n) is 5.11. The number of non-ortho nitro benzene ring substituents is 1. The van der Waals surface area contributed by atoms with Crippen LogP contribution >= 0.6 is 11.6 Å². The highest BCUT2D eigenvalue weighted by Crippen LogP contribution is 2.24. The van der Waals surface area contributed by atoms with Crippen molar-refractivity contribution in [2.24, 2.45) is 0 Å². The molecule has 0 fully saturated rings. The standard InChI is InChI=1S/C25H21ClN2O6/c1-16-20(26)8-5-9-21(16)27-22(14-23(29)17-6-3-2-4-7-17)25(31)34-15-24(30)18-10-12-19(13-11-18)28(32)33/h2-13,22,27H,14-15H2,1H3/t22-/m0/s1. The van der Waals surface area contributed by atoms with Gasteiger partial charge in [0.25, 0.3) is 5.69 Å². The number of hydrogen-bond acceptors (Lipinski definition) is 7. The van der Waals surface area contributed by atoms with Crippen molar-refractivity contribution in [3.63, 3.8) is 0 Å². The molecule has 0 amide bonds. The minimum atomic E-state index is -1.07. The quantitative estimate of drug-likeness (QED) is 0.187. The highest BCUT2D eigenvalue weighted by atomic mass is 35.5. The first-order valence-electron chi connectivity index (χ1n) is 10.3. The van der Waals surface area contributed by atoms with E-state index >= 15 is 0 Å². The van der Waals surface area contributed by atoms with E-state index < -0.39 is 29.3 Å². The Labute approximate surface area is 200 Å². The second-order valence-electron chi connectivity index (χ2n) is 7.44. The smallest absolute Gasteiger partial charge is 0.329 e. The third kappa shape index (κ3) is 6.26. The Bertz CT molecular complexity index is 1210. The number of ether oxygens (including phenoxy) is 1. The number of anilines is 1. The lowest BCUT2D eigenvalue weighted by molar-refractivity contribution is -0.384. The number of nitrogens with zero attached hydrogens (tertiary/aromatic N) is 1. The number of hydrogen-bond donors (Lipinski definition) is 1. The second kappa shape index (κ2) is 11.2. The number of halogens is 1. The van der Waals surface area contributed by atoms with Gasteiger partial charge in [0.15, 0.2) is 18.2 Å². The molecule has 0 saturated carbocycles. The zero-order valence-corrected chi connectivity index (χ0v) is 19.0. The van der Waals surface area contributed by atoms with E-state index in [1.165, 1.54) is 24.3 Å². The molecule has 0 aromatic heterocycles. The summed E-state index contributed by atoms with van der Waals surface area (Å²) in [4.78, 5) is 48.2. The van der Waals surface area contributed by atoms with Crippen molar-refractivity contribution in [3.8, 4) is 0 Å². The Morgan fingerprint density at radius 3 is 2.24 bits per heavy atom. The molecule has 3 rings (SSSR count). The Morgan fingerprint density at radius 1 is 0.941 bits per heavy atom. The number of benzene rings is 3. The van der Waals surface area contributed by atoms with Crippen molar-refractivity contribution in [2.75, 3.05) is 11.9 Å². The summed E-state index contributed by atoms with van der Waals surface area (Å²) in [6.07, 6.45) is -0.208. The maximum Gasteiger partial charge on any atom is 0.329 e. The Balaban J connectivity index is 1.73. The molecular formula is C25H21ClN2O6. The van der Waals surface area contributed by atoms with Crippen molar-refractivity contribution >= 4 is 40.5 Å². The van der Waals surface area contributed by atoms with Gasteiger partial charge in [0.05, 0.1) is 4.92 Å². The van der Waals surface area contributed by atoms with Gasteiger partial charge in [0.1, 0.15) is 6.04 Å². The van der Waals surface area contributed by atoms with Gasteiger partial charge in [-0.2, -0.15) is 0 Å². The average molecular weight is 481 g/mol. The summed E-state index contributed by atoms with van der Waals surface area (Å²) in [5.41, 5.74) is 1.68. The van der Waals surface area contributed by atoms with Gasteiger partial charge in [-0.05, 0) is 36.8 Å². The summed E-state index contributed by atoms with van der Waals surface area (Å²) in [5, 5.41) is 14.3. The van der Waals surface area contributed by atoms with Crippen LogP contribution in [0.5, 0.6) is 0 Å². The fourth-order valence-electron chi connectivity index (χ4n) is 3.16. The molecular weight excluding hydrogens is 460 g/mol. The van der Waals surface area contributed by atoms with Crippen LogP contribution in [-0.2, 0) is 9.53 Å². The van der Waals surface area contributed by atoms with E-state index in [1.54, 1.807) is 55.5 Å². The first kappa shape index (κ1) is 24.6. The highest BCUT2D eigenvalue weighted by Gasteiger charge is 2.26. The number of Topliss-reactive ketones (excluding diaryl/α,β-unsaturated/α-hetero) is 2. The third-order valence-corrected chi connectivity index (χ3v) is 5.52. The number of nitro groups is 1. The lowest BCUT2D eigenvalue weighted by Crippen LogP contribution is -2.35. The predicted octanol–water partition coefficient (Wildman–Crippen LogP) is 5.04. The Kier molecular flexibility index (Phi) is 8.10. The molecule has 0 unspecified atom stereocenters. The number of carbonyl (C=O) groups excluding carboxylic acids is 3. The highest BCUT2D eigenvalue weighted by molar-refractivity contribution is 6.31. The van der Waals surface area contributed by atoms with E-state index in [2.05, 4.69) is 5.32 Å². The van der Waals surface area contributed by atoms with Crippen molar-refractivity contribution in [1.29, 1.82) is 0 Å². The van der Waals surface area contributed by atoms with E-state index in [-0.39, 0.29) is 23.5 Å². The fraction of sp³-hybridized carbons (Fsp3) is 0.160. The van der Waals surface area contributed by atoms with E-state index in [9.17, 15) is 24.5 Å². The molecule has 0 heterocycles. The van der Waals surface area contributed by atoms with E-state index in [4.69, 9.17) is 16.3 Å². The van der Waals surface area contributed by atoms with Crippen LogP contribution in [0.4, 0.5) is 11.4 Å². The van der Waals surface area contributed by atoms with E-state index in [0.29, 0.717) is 21.8 Å². The monoisotopic (exact) mass is 480 g/mol. The van der Waals surface area contributed by atoms with Gasteiger partial charge in [-0.3, -0.25) is 19.7 Å². The molecule has 1 N–H and O–H groups in total. The minimum absolute atomic E-state index is 0.158. The normalized spacial score (nSPS) is 11.4. The molecule has 0 saturated heterocycles. The molecule has 8 nitrogen and oxygen atoms in total. The second-order valence-corrected chi connectivity index (χ2v) is 7.84. The lowest BCUT2D eigenvalue weighted by Gasteiger charge is -2.20. The van der Waals surface area contributed by atoms with Crippen LogP contribution < -0.4 is 5.32 Å². The lowest BCUT2D eigenvalue weighted by atomic mass is 10.0. The molecule has 34 heavy (non-hydrogen) atoms. The van der Waals surface area contributed by atoms with Gasteiger partial charge in [-0.15, -0.1) is 0 Å². The van der Waals surface area contributed by atoms with Crippen LogP contribution in [-0.4, -0.2) is 35.1 Å². The van der Waals surface area contributed by atoms with Crippen molar-refractivity contribution in [3.05, 3.63) is 105 Å². The predicted molar refractivity (Wildman–Crippen MR) is 127 cm³/mol. The number of carbonyl (C=O) groups is 3. The van der Waals surface area contributed by atoms with Crippen LogP contribution in [0.3, 0.4) is 0 Å². The molecule has 0 aliphatic heterocycles. The summed E-state index contributed by atoms with van der Waals surface area (Å²) in [7, 11) is 0. The van der Waals surface area contributed by atoms with Gasteiger partial charge in [0.2, 0.25) is 0 Å².